The van der Waals surface area contributed by atoms with Gasteiger partial charge in [-0.3, -0.25) is 0 Å². The maximum absolute atomic E-state index is 13.1. The molecule has 1 fully saturated rings. The number of hydrogen-bond acceptors (Lipinski definition) is 3. The molecule has 1 aromatic rings. The molecule has 0 saturated heterocycles. The number of nitrogens with one attached hydrogen (secondary N) is 1. The van der Waals surface area contributed by atoms with Crippen LogP contribution in [0, 0.1) is 0 Å². The normalized spacial score (nSPS) is 24.8. The van der Waals surface area contributed by atoms with Crippen molar-refractivity contribution in [1.82, 2.24) is 9.97 Å². The molecular weight excluding hydrogens is 200 g/mol. The van der Waals surface area contributed by atoms with Gasteiger partial charge in [0.15, 0.2) is 0 Å². The lowest BCUT2D eigenvalue weighted by Crippen LogP contribution is -2.34. The van der Waals surface area contributed by atoms with Crippen molar-refractivity contribution in [3.05, 3.63) is 18.5 Å². The summed E-state index contributed by atoms with van der Waals surface area (Å²) in [7, 11) is 0. The standard InChI is InChI=1S/C10H13F2N3/c11-10(12)4-1-3-8(7-10)15-9-13-5-2-6-14-9/h2,5-6,8H,1,3-4,7H2,(H,13,14,15). The summed E-state index contributed by atoms with van der Waals surface area (Å²) in [5.41, 5.74) is 0. The average molecular weight is 213 g/mol. The zero-order valence-electron chi connectivity index (χ0n) is 8.29. The highest BCUT2D eigenvalue weighted by Gasteiger charge is 2.36. The second kappa shape index (κ2) is 4.08. The monoisotopic (exact) mass is 213 g/mol. The first-order valence-electron chi connectivity index (χ1n) is 5.07. The number of anilines is 1. The third kappa shape index (κ3) is 2.84. The summed E-state index contributed by atoms with van der Waals surface area (Å²) >= 11 is 0. The summed E-state index contributed by atoms with van der Waals surface area (Å²) in [6.07, 6.45) is 4.38. The van der Waals surface area contributed by atoms with Crippen molar-refractivity contribution < 1.29 is 8.78 Å². The van der Waals surface area contributed by atoms with Gasteiger partial charge in [-0.05, 0) is 18.9 Å². The Hall–Kier alpha value is -1.26. The number of hydrogen-bond donors (Lipinski definition) is 1. The molecule has 1 heterocycles. The summed E-state index contributed by atoms with van der Waals surface area (Å²) in [6, 6.07) is 1.48. The maximum atomic E-state index is 13.1. The smallest absolute Gasteiger partial charge is 0.250 e. The molecule has 5 heteroatoms. The van der Waals surface area contributed by atoms with Gasteiger partial charge >= 0.3 is 0 Å². The lowest BCUT2D eigenvalue weighted by Gasteiger charge is -2.29. The Balaban J connectivity index is 1.95. The number of rotatable bonds is 2. The lowest BCUT2D eigenvalue weighted by atomic mass is 9.92. The summed E-state index contributed by atoms with van der Waals surface area (Å²) in [4.78, 5) is 7.91. The maximum Gasteiger partial charge on any atom is 0.250 e. The second-order valence-electron chi connectivity index (χ2n) is 3.87. The zero-order chi connectivity index (χ0) is 10.7. The van der Waals surface area contributed by atoms with Crippen LogP contribution in [0.2, 0.25) is 0 Å². The molecule has 0 aliphatic heterocycles. The molecule has 1 aromatic heterocycles. The fourth-order valence-corrected chi connectivity index (χ4v) is 1.85. The van der Waals surface area contributed by atoms with E-state index in [-0.39, 0.29) is 18.9 Å². The van der Waals surface area contributed by atoms with E-state index in [1.165, 1.54) is 0 Å². The first-order chi connectivity index (χ1) is 7.16. The van der Waals surface area contributed by atoms with Gasteiger partial charge in [0.25, 0.3) is 0 Å². The van der Waals surface area contributed by atoms with E-state index in [4.69, 9.17) is 0 Å². The summed E-state index contributed by atoms with van der Waals surface area (Å²) in [5, 5.41) is 2.93. The van der Waals surface area contributed by atoms with E-state index in [2.05, 4.69) is 15.3 Å². The molecule has 0 bridgehead atoms. The van der Waals surface area contributed by atoms with Crippen molar-refractivity contribution in [2.24, 2.45) is 0 Å². The van der Waals surface area contributed by atoms with Crippen molar-refractivity contribution in [3.8, 4) is 0 Å². The van der Waals surface area contributed by atoms with E-state index in [1.807, 2.05) is 0 Å². The molecule has 15 heavy (non-hydrogen) atoms. The molecule has 2 rings (SSSR count). The zero-order valence-corrected chi connectivity index (χ0v) is 8.29. The van der Waals surface area contributed by atoms with Crippen LogP contribution in [0.25, 0.3) is 0 Å². The van der Waals surface area contributed by atoms with Gasteiger partial charge in [-0.1, -0.05) is 0 Å². The topological polar surface area (TPSA) is 37.8 Å². The average Bonchev–Trinajstić information content (AvgIpc) is 2.17. The highest BCUT2D eigenvalue weighted by molar-refractivity contribution is 5.24. The summed E-state index contributed by atoms with van der Waals surface area (Å²) in [6.45, 7) is 0. The Morgan fingerprint density at radius 1 is 1.33 bits per heavy atom. The predicted molar refractivity (Wildman–Crippen MR) is 52.9 cm³/mol. The van der Waals surface area contributed by atoms with Crippen LogP contribution >= 0.6 is 0 Å². The fourth-order valence-electron chi connectivity index (χ4n) is 1.85. The van der Waals surface area contributed by atoms with E-state index in [9.17, 15) is 8.78 Å². The Morgan fingerprint density at radius 3 is 2.73 bits per heavy atom. The highest BCUT2D eigenvalue weighted by atomic mass is 19.3. The van der Waals surface area contributed by atoms with Crippen LogP contribution in [-0.2, 0) is 0 Å². The molecule has 1 aliphatic rings. The van der Waals surface area contributed by atoms with E-state index < -0.39 is 5.92 Å². The summed E-state index contributed by atoms with van der Waals surface area (Å²) in [5.74, 6) is -2.11. The lowest BCUT2D eigenvalue weighted by molar-refractivity contribution is -0.0374. The van der Waals surface area contributed by atoms with Crippen molar-refractivity contribution in [3.63, 3.8) is 0 Å². The van der Waals surface area contributed by atoms with Gasteiger partial charge < -0.3 is 5.32 Å². The van der Waals surface area contributed by atoms with Gasteiger partial charge in [-0.2, -0.15) is 0 Å². The molecule has 1 atom stereocenters. The van der Waals surface area contributed by atoms with Crippen LogP contribution in [0.3, 0.4) is 0 Å². The van der Waals surface area contributed by atoms with Crippen LogP contribution < -0.4 is 5.32 Å². The fraction of sp³-hybridized carbons (Fsp3) is 0.600. The number of nitrogens with zero attached hydrogens (tertiary/aromatic N) is 2. The largest absolute Gasteiger partial charge is 0.351 e. The number of halogens is 2. The minimum absolute atomic E-state index is 0.000820. The molecule has 1 unspecified atom stereocenters. The molecule has 0 spiro atoms. The van der Waals surface area contributed by atoms with Crippen LogP contribution in [0.1, 0.15) is 25.7 Å². The van der Waals surface area contributed by atoms with Crippen LogP contribution in [0.5, 0.6) is 0 Å². The first-order valence-corrected chi connectivity index (χ1v) is 5.07. The van der Waals surface area contributed by atoms with Crippen molar-refractivity contribution >= 4 is 5.95 Å². The minimum atomic E-state index is -2.54. The second-order valence-corrected chi connectivity index (χ2v) is 3.87. The van der Waals surface area contributed by atoms with Crippen LogP contribution in [0.4, 0.5) is 14.7 Å². The number of alkyl halides is 2. The van der Waals surface area contributed by atoms with Gasteiger partial charge in [0.2, 0.25) is 11.9 Å². The highest BCUT2D eigenvalue weighted by Crippen LogP contribution is 2.33. The Morgan fingerprint density at radius 2 is 2.07 bits per heavy atom. The molecule has 3 nitrogen and oxygen atoms in total. The van der Waals surface area contributed by atoms with Crippen molar-refractivity contribution in [2.45, 2.75) is 37.6 Å². The Labute approximate surface area is 86.9 Å². The molecule has 1 N–H and O–H groups in total. The first kappa shape index (κ1) is 10.3. The molecule has 0 radical (unpaired) electrons. The van der Waals surface area contributed by atoms with Gasteiger partial charge in [-0.25, -0.2) is 18.7 Å². The molecule has 1 saturated carbocycles. The van der Waals surface area contributed by atoms with E-state index in [0.717, 1.165) is 6.42 Å². The minimum Gasteiger partial charge on any atom is -0.351 e. The molecule has 0 aromatic carbocycles. The van der Waals surface area contributed by atoms with E-state index >= 15 is 0 Å². The summed E-state index contributed by atoms with van der Waals surface area (Å²) < 4.78 is 26.2. The van der Waals surface area contributed by atoms with Crippen LogP contribution in [-0.4, -0.2) is 21.9 Å². The van der Waals surface area contributed by atoms with Gasteiger partial charge in [0.1, 0.15) is 0 Å². The Bertz CT molecular complexity index is 316. The van der Waals surface area contributed by atoms with Gasteiger partial charge in [0, 0.05) is 31.3 Å². The van der Waals surface area contributed by atoms with Crippen molar-refractivity contribution in [2.75, 3.05) is 5.32 Å². The molecule has 82 valence electrons. The predicted octanol–water partition coefficient (Wildman–Crippen LogP) is 2.47. The quantitative estimate of drug-likeness (QED) is 0.820. The third-order valence-electron chi connectivity index (χ3n) is 2.54. The Kier molecular flexibility index (Phi) is 2.79. The van der Waals surface area contributed by atoms with Gasteiger partial charge in [-0.15, -0.1) is 0 Å². The SMILES string of the molecule is FC1(F)CCCC(Nc2ncccn2)C1. The van der Waals surface area contributed by atoms with E-state index in [1.54, 1.807) is 18.5 Å². The van der Waals surface area contributed by atoms with Crippen LogP contribution in [0.15, 0.2) is 18.5 Å². The molecule has 0 amide bonds. The molecule has 1 aliphatic carbocycles. The number of aromatic nitrogens is 2. The van der Waals surface area contributed by atoms with E-state index in [0.29, 0.717) is 12.4 Å². The van der Waals surface area contributed by atoms with Crippen molar-refractivity contribution in [1.29, 1.82) is 0 Å². The van der Waals surface area contributed by atoms with Gasteiger partial charge in [0.05, 0.1) is 0 Å². The third-order valence-corrected chi connectivity index (χ3v) is 2.54. The molecular formula is C10H13F2N3.